The first-order valence-electron chi connectivity index (χ1n) is 12.2. The number of nitrogens with one attached hydrogen (secondary N) is 1. The summed E-state index contributed by atoms with van der Waals surface area (Å²) in [7, 11) is 0. The molecule has 0 saturated carbocycles. The Kier molecular flexibility index (Phi) is 9.74. The molecule has 0 aliphatic carbocycles. The summed E-state index contributed by atoms with van der Waals surface area (Å²) < 4.78 is 5.47. The highest BCUT2D eigenvalue weighted by Gasteiger charge is 2.27. The molecule has 2 N–H and O–H groups in total. The van der Waals surface area contributed by atoms with E-state index in [9.17, 15) is 34.4 Å². The van der Waals surface area contributed by atoms with Gasteiger partial charge in [0, 0.05) is 44.2 Å². The van der Waals surface area contributed by atoms with Crippen molar-refractivity contribution in [1.82, 2.24) is 15.1 Å². The predicted octanol–water partition coefficient (Wildman–Crippen LogP) is 2.01. The molecule has 202 valence electrons. The lowest BCUT2D eigenvalue weighted by atomic mass is 10.1. The summed E-state index contributed by atoms with van der Waals surface area (Å²) in [6.07, 6.45) is -0.0993. The van der Waals surface area contributed by atoms with Crippen LogP contribution in [0.3, 0.4) is 0 Å². The molecular formula is C26H30N4O8. The number of hydrogen-bond donors (Lipinski definition) is 2. The van der Waals surface area contributed by atoms with Crippen molar-refractivity contribution in [2.75, 3.05) is 32.8 Å². The number of aryl methyl sites for hydroxylation is 1. The highest BCUT2D eigenvalue weighted by atomic mass is 16.6. The van der Waals surface area contributed by atoms with Gasteiger partial charge in [0.15, 0.2) is 5.75 Å². The Hall–Kier alpha value is -4.48. The van der Waals surface area contributed by atoms with E-state index in [0.29, 0.717) is 31.7 Å². The predicted molar refractivity (Wildman–Crippen MR) is 136 cm³/mol. The quantitative estimate of drug-likeness (QED) is 0.332. The number of rotatable bonds is 11. The molecule has 0 radical (unpaired) electrons. The summed E-state index contributed by atoms with van der Waals surface area (Å²) in [6, 6.07) is 11.6. The standard InChI is InChI=1S/C26H30N4O8/c1-18-7-9-22(21(17-18)30(36)37)38-16-11-24(32)29-14-12-28(13-15-29)23(31)10-8-20(26(34)35)27-25(33)19-5-3-2-4-6-19/h2-7,9,17,20H,8,10-16H2,1H3,(H,27,33)(H,34,35)/t20-/m0/s1. The van der Waals surface area contributed by atoms with Crippen molar-refractivity contribution >= 4 is 29.4 Å². The highest BCUT2D eigenvalue weighted by Crippen LogP contribution is 2.27. The number of nitro groups is 1. The Bertz CT molecular complexity index is 1180. The highest BCUT2D eigenvalue weighted by molar-refractivity contribution is 5.96. The van der Waals surface area contributed by atoms with E-state index < -0.39 is 22.8 Å². The second kappa shape index (κ2) is 13.2. The second-order valence-corrected chi connectivity index (χ2v) is 8.86. The van der Waals surface area contributed by atoms with Crippen LogP contribution < -0.4 is 10.1 Å². The smallest absolute Gasteiger partial charge is 0.326 e. The van der Waals surface area contributed by atoms with Crippen molar-refractivity contribution in [3.8, 4) is 5.75 Å². The molecule has 0 aromatic heterocycles. The molecule has 0 spiro atoms. The van der Waals surface area contributed by atoms with Crippen LogP contribution in [-0.4, -0.2) is 82.3 Å². The van der Waals surface area contributed by atoms with E-state index in [4.69, 9.17) is 4.74 Å². The lowest BCUT2D eigenvalue weighted by Gasteiger charge is -2.35. The number of aliphatic carboxylic acids is 1. The summed E-state index contributed by atoms with van der Waals surface area (Å²) in [5, 5.41) is 23.1. The van der Waals surface area contributed by atoms with Crippen LogP contribution in [0.2, 0.25) is 0 Å². The van der Waals surface area contributed by atoms with Crippen LogP contribution in [-0.2, 0) is 14.4 Å². The zero-order valence-electron chi connectivity index (χ0n) is 21.0. The number of benzene rings is 2. The van der Waals surface area contributed by atoms with Crippen LogP contribution in [0.4, 0.5) is 5.69 Å². The molecule has 2 aromatic carbocycles. The summed E-state index contributed by atoms with van der Waals surface area (Å²) in [6.45, 7) is 2.92. The van der Waals surface area contributed by atoms with Crippen molar-refractivity contribution in [2.45, 2.75) is 32.2 Å². The molecule has 1 atom stereocenters. The van der Waals surface area contributed by atoms with Gasteiger partial charge < -0.3 is 25.0 Å². The Morgan fingerprint density at radius 3 is 2.18 bits per heavy atom. The van der Waals surface area contributed by atoms with Crippen LogP contribution in [0, 0.1) is 17.0 Å². The van der Waals surface area contributed by atoms with Gasteiger partial charge >= 0.3 is 11.7 Å². The van der Waals surface area contributed by atoms with E-state index in [1.807, 2.05) is 0 Å². The van der Waals surface area contributed by atoms with E-state index in [1.54, 1.807) is 53.1 Å². The van der Waals surface area contributed by atoms with Gasteiger partial charge in [-0.15, -0.1) is 0 Å². The van der Waals surface area contributed by atoms with Gasteiger partial charge in [0.2, 0.25) is 11.8 Å². The van der Waals surface area contributed by atoms with Gasteiger partial charge in [0.25, 0.3) is 5.91 Å². The number of piperazine rings is 1. The summed E-state index contributed by atoms with van der Waals surface area (Å²) in [5.74, 6) is -2.11. The number of nitrogens with zero attached hydrogens (tertiary/aromatic N) is 3. The molecule has 0 bridgehead atoms. The van der Waals surface area contributed by atoms with Crippen LogP contribution >= 0.6 is 0 Å². The molecule has 1 heterocycles. The minimum atomic E-state index is -1.23. The van der Waals surface area contributed by atoms with Crippen molar-refractivity contribution in [1.29, 1.82) is 0 Å². The number of carboxylic acid groups (broad SMARTS) is 1. The number of carboxylic acids is 1. The third-order valence-electron chi connectivity index (χ3n) is 6.16. The molecule has 12 heteroatoms. The summed E-state index contributed by atoms with van der Waals surface area (Å²) >= 11 is 0. The normalized spacial score (nSPS) is 13.9. The number of ether oxygens (including phenoxy) is 1. The lowest BCUT2D eigenvalue weighted by molar-refractivity contribution is -0.385. The van der Waals surface area contributed by atoms with Gasteiger partial charge in [-0.1, -0.05) is 24.3 Å². The summed E-state index contributed by atoms with van der Waals surface area (Å²) in [4.78, 5) is 62.9. The first kappa shape index (κ1) is 28.1. The SMILES string of the molecule is Cc1ccc(OCCC(=O)N2CCN(C(=O)CC[C@H](NC(=O)c3ccccc3)C(=O)O)CC2)c([N+](=O)[O-])c1. The average Bonchev–Trinajstić information content (AvgIpc) is 2.91. The average molecular weight is 527 g/mol. The van der Waals surface area contributed by atoms with Crippen molar-refractivity contribution in [3.05, 3.63) is 69.8 Å². The van der Waals surface area contributed by atoms with Gasteiger partial charge in [0.05, 0.1) is 18.0 Å². The number of nitro benzene ring substituents is 1. The van der Waals surface area contributed by atoms with Crippen LogP contribution in [0.5, 0.6) is 5.75 Å². The van der Waals surface area contributed by atoms with Gasteiger partial charge in [-0.05, 0) is 37.1 Å². The van der Waals surface area contributed by atoms with Crippen molar-refractivity contribution in [2.24, 2.45) is 0 Å². The summed E-state index contributed by atoms with van der Waals surface area (Å²) in [5.41, 5.74) is 0.894. The van der Waals surface area contributed by atoms with Crippen molar-refractivity contribution < 1.29 is 33.9 Å². The molecule has 3 amide bonds. The monoisotopic (exact) mass is 526 g/mol. The minimum absolute atomic E-state index is 0.0207. The third kappa shape index (κ3) is 7.76. The number of amides is 3. The molecule has 1 fully saturated rings. The van der Waals surface area contributed by atoms with Gasteiger partial charge in [-0.2, -0.15) is 0 Å². The first-order valence-corrected chi connectivity index (χ1v) is 12.2. The van der Waals surface area contributed by atoms with E-state index in [-0.39, 0.29) is 49.1 Å². The Morgan fingerprint density at radius 1 is 1.00 bits per heavy atom. The van der Waals surface area contributed by atoms with E-state index in [0.717, 1.165) is 5.56 Å². The molecule has 1 aliphatic rings. The molecule has 12 nitrogen and oxygen atoms in total. The van der Waals surface area contributed by atoms with Gasteiger partial charge in [-0.3, -0.25) is 24.5 Å². The maximum absolute atomic E-state index is 12.6. The minimum Gasteiger partial charge on any atom is -0.486 e. The topological polar surface area (TPSA) is 159 Å². The zero-order chi connectivity index (χ0) is 27.7. The fraction of sp³-hybridized carbons (Fsp3) is 0.385. The van der Waals surface area contributed by atoms with Gasteiger partial charge in [0.1, 0.15) is 6.04 Å². The molecule has 38 heavy (non-hydrogen) atoms. The Balaban J connectivity index is 1.41. The van der Waals surface area contributed by atoms with Crippen LogP contribution in [0.1, 0.15) is 35.2 Å². The molecule has 1 aliphatic heterocycles. The van der Waals surface area contributed by atoms with Gasteiger partial charge in [-0.25, -0.2) is 4.79 Å². The van der Waals surface area contributed by atoms with Crippen molar-refractivity contribution in [3.63, 3.8) is 0 Å². The maximum atomic E-state index is 12.6. The molecular weight excluding hydrogens is 496 g/mol. The molecule has 2 aromatic rings. The van der Waals surface area contributed by atoms with Crippen LogP contribution in [0.15, 0.2) is 48.5 Å². The maximum Gasteiger partial charge on any atom is 0.326 e. The third-order valence-corrected chi connectivity index (χ3v) is 6.16. The number of carbonyl (C=O) groups excluding carboxylic acids is 3. The molecule has 0 unspecified atom stereocenters. The second-order valence-electron chi connectivity index (χ2n) is 8.86. The van der Waals surface area contributed by atoms with E-state index >= 15 is 0 Å². The Morgan fingerprint density at radius 2 is 1.61 bits per heavy atom. The first-order chi connectivity index (χ1) is 18.2. The largest absolute Gasteiger partial charge is 0.486 e. The molecule has 1 saturated heterocycles. The number of hydrogen-bond acceptors (Lipinski definition) is 7. The zero-order valence-corrected chi connectivity index (χ0v) is 21.0. The number of carbonyl (C=O) groups is 4. The fourth-order valence-corrected chi connectivity index (χ4v) is 4.02. The van der Waals surface area contributed by atoms with E-state index in [1.165, 1.54) is 12.1 Å². The lowest BCUT2D eigenvalue weighted by Crippen LogP contribution is -2.51. The van der Waals surface area contributed by atoms with E-state index in [2.05, 4.69) is 5.32 Å². The Labute approximate surface area is 219 Å². The van der Waals surface area contributed by atoms with Crippen LogP contribution in [0.25, 0.3) is 0 Å². The molecule has 3 rings (SSSR count). The fourth-order valence-electron chi connectivity index (χ4n) is 4.02.